The van der Waals surface area contributed by atoms with Gasteiger partial charge in [-0.05, 0) is 55.9 Å². The van der Waals surface area contributed by atoms with E-state index >= 15 is 0 Å². The minimum atomic E-state index is -2.18. The van der Waals surface area contributed by atoms with Crippen molar-refractivity contribution < 1.29 is 0 Å². The molecule has 0 atom stereocenters. The smallest absolute Gasteiger partial charge is 0.0654 e. The number of unbranched alkanes of at least 4 members (excludes halogenated alkanes) is 4. The number of hydrogen-bond acceptors (Lipinski definition) is 0. The first-order chi connectivity index (χ1) is 19.3. The van der Waals surface area contributed by atoms with Gasteiger partial charge >= 0.3 is 0 Å². The lowest BCUT2D eigenvalue weighted by atomic mass is 9.89. The van der Waals surface area contributed by atoms with E-state index in [-0.39, 0.29) is 0 Å². The maximum Gasteiger partial charge on any atom is 0.121 e. The van der Waals surface area contributed by atoms with Gasteiger partial charge in [0.1, 0.15) is 8.07 Å². The van der Waals surface area contributed by atoms with Crippen LogP contribution in [0.15, 0.2) is 121 Å². The van der Waals surface area contributed by atoms with Gasteiger partial charge in [-0.2, -0.15) is 0 Å². The summed E-state index contributed by atoms with van der Waals surface area (Å²) in [7, 11) is -2.18. The Morgan fingerprint density at radius 2 is 0.692 bits per heavy atom. The first-order valence-corrected chi connectivity index (χ1v) is 17.4. The van der Waals surface area contributed by atoms with E-state index in [0.717, 1.165) is 0 Å². The third-order valence-corrected chi connectivity index (χ3v) is 13.8. The average molecular weight is 527 g/mol. The second kappa shape index (κ2) is 13.1. The lowest BCUT2D eigenvalue weighted by Gasteiger charge is -2.35. The Morgan fingerprint density at radius 3 is 1.00 bits per heavy atom. The fraction of sp³-hybridized carbons (Fsp3) is 0.263. The van der Waals surface area contributed by atoms with Crippen molar-refractivity contribution in [2.45, 2.75) is 64.5 Å². The molecule has 1 aliphatic rings. The van der Waals surface area contributed by atoms with E-state index in [9.17, 15) is 0 Å². The standard InChI is InChI=1S/C38H42Si/c1-3-5-19-29-39(30-20-6-4-2)37(33-25-15-9-16-26-33)35(31-21-11-7-12-22-31)36(32-23-13-8-14-24-32)38(39)34-27-17-10-18-28-34/h7-18,21-28H,3-6,19-20,29-30H2,1-2H3. The van der Waals surface area contributed by atoms with Gasteiger partial charge in [-0.1, -0.05) is 174 Å². The van der Waals surface area contributed by atoms with Crippen LogP contribution in [0.1, 0.15) is 74.6 Å². The van der Waals surface area contributed by atoms with Crippen LogP contribution in [0.2, 0.25) is 12.1 Å². The number of benzene rings is 4. The maximum atomic E-state index is 2.39. The van der Waals surface area contributed by atoms with E-state index in [0.29, 0.717) is 0 Å². The molecule has 5 rings (SSSR count). The lowest BCUT2D eigenvalue weighted by molar-refractivity contribution is 0.745. The molecule has 0 aliphatic carbocycles. The van der Waals surface area contributed by atoms with Crippen LogP contribution in [0.3, 0.4) is 0 Å². The van der Waals surface area contributed by atoms with E-state index in [2.05, 4.69) is 135 Å². The normalized spacial score (nSPS) is 14.7. The highest BCUT2D eigenvalue weighted by Crippen LogP contribution is 2.59. The highest BCUT2D eigenvalue weighted by molar-refractivity contribution is 7.14. The van der Waals surface area contributed by atoms with Gasteiger partial charge in [0.2, 0.25) is 0 Å². The van der Waals surface area contributed by atoms with Gasteiger partial charge in [0.15, 0.2) is 0 Å². The topological polar surface area (TPSA) is 0 Å². The fourth-order valence-corrected chi connectivity index (χ4v) is 12.8. The minimum Gasteiger partial charge on any atom is -0.0654 e. The minimum absolute atomic E-state index is 1.26. The van der Waals surface area contributed by atoms with E-state index in [1.165, 1.54) is 84.0 Å². The molecule has 0 nitrogen and oxygen atoms in total. The summed E-state index contributed by atoms with van der Waals surface area (Å²) in [5.74, 6) is 0. The highest BCUT2D eigenvalue weighted by atomic mass is 28.3. The molecule has 4 aromatic rings. The second-order valence-electron chi connectivity index (χ2n) is 11.0. The molecule has 0 unspecified atom stereocenters. The monoisotopic (exact) mass is 526 g/mol. The molecule has 0 saturated carbocycles. The van der Waals surface area contributed by atoms with Crippen molar-refractivity contribution in [3.63, 3.8) is 0 Å². The van der Waals surface area contributed by atoms with Gasteiger partial charge in [-0.25, -0.2) is 0 Å². The maximum absolute atomic E-state index is 2.39. The predicted molar refractivity (Wildman–Crippen MR) is 174 cm³/mol. The van der Waals surface area contributed by atoms with Crippen molar-refractivity contribution in [3.05, 3.63) is 144 Å². The summed E-state index contributed by atoms with van der Waals surface area (Å²) in [5, 5.41) is 3.33. The summed E-state index contributed by atoms with van der Waals surface area (Å²) in [6, 6.07) is 48.0. The molecule has 0 radical (unpaired) electrons. The van der Waals surface area contributed by atoms with Crippen LogP contribution in [-0.4, -0.2) is 8.07 Å². The Balaban J connectivity index is 1.92. The van der Waals surface area contributed by atoms with Crippen molar-refractivity contribution in [3.8, 4) is 0 Å². The summed E-state index contributed by atoms with van der Waals surface area (Å²) in [6.07, 6.45) is 7.70. The molecule has 0 fully saturated rings. The number of rotatable bonds is 12. The number of allylic oxidation sites excluding steroid dienone is 2. The molecular weight excluding hydrogens is 485 g/mol. The van der Waals surface area contributed by atoms with Crippen LogP contribution in [0, 0.1) is 0 Å². The molecule has 1 heteroatoms. The molecule has 0 N–H and O–H groups in total. The molecule has 0 aromatic heterocycles. The molecule has 4 aromatic carbocycles. The van der Waals surface area contributed by atoms with Crippen LogP contribution in [0.4, 0.5) is 0 Å². The molecule has 1 aliphatic heterocycles. The lowest BCUT2D eigenvalue weighted by Crippen LogP contribution is -2.37. The second-order valence-corrected chi connectivity index (χ2v) is 15.1. The van der Waals surface area contributed by atoms with Gasteiger partial charge in [0.05, 0.1) is 0 Å². The molecule has 39 heavy (non-hydrogen) atoms. The predicted octanol–water partition coefficient (Wildman–Crippen LogP) is 11.1. The zero-order valence-electron chi connectivity index (χ0n) is 23.7. The van der Waals surface area contributed by atoms with E-state index < -0.39 is 8.07 Å². The summed E-state index contributed by atoms with van der Waals surface area (Å²) in [6.45, 7) is 4.68. The van der Waals surface area contributed by atoms with Gasteiger partial charge in [-0.3, -0.25) is 0 Å². The highest BCUT2D eigenvalue weighted by Gasteiger charge is 2.49. The summed E-state index contributed by atoms with van der Waals surface area (Å²) < 4.78 is 0. The molecular formula is C38H42Si. The average Bonchev–Trinajstić information content (AvgIpc) is 3.30. The third-order valence-electron chi connectivity index (χ3n) is 8.37. The first-order valence-electron chi connectivity index (χ1n) is 15.0. The van der Waals surface area contributed by atoms with Crippen LogP contribution in [0.25, 0.3) is 21.5 Å². The first kappa shape index (κ1) is 27.2. The summed E-state index contributed by atoms with van der Waals surface area (Å²) >= 11 is 0. The molecule has 0 saturated heterocycles. The molecule has 1 heterocycles. The summed E-state index contributed by atoms with van der Waals surface area (Å²) in [4.78, 5) is 0. The van der Waals surface area contributed by atoms with Crippen LogP contribution in [-0.2, 0) is 0 Å². The molecule has 0 amide bonds. The largest absolute Gasteiger partial charge is 0.121 e. The van der Waals surface area contributed by atoms with E-state index in [4.69, 9.17) is 0 Å². The Labute approximate surface area is 237 Å². The Kier molecular flexibility index (Phi) is 9.11. The zero-order valence-corrected chi connectivity index (χ0v) is 24.7. The van der Waals surface area contributed by atoms with Gasteiger partial charge in [0.25, 0.3) is 0 Å². The van der Waals surface area contributed by atoms with Crippen molar-refractivity contribution in [1.82, 2.24) is 0 Å². The van der Waals surface area contributed by atoms with E-state index in [1.54, 1.807) is 10.4 Å². The summed E-state index contributed by atoms with van der Waals surface area (Å²) in [5.41, 5.74) is 8.51. The van der Waals surface area contributed by atoms with Crippen molar-refractivity contribution in [2.24, 2.45) is 0 Å². The van der Waals surface area contributed by atoms with Crippen LogP contribution >= 0.6 is 0 Å². The molecule has 0 bridgehead atoms. The molecule has 0 spiro atoms. The van der Waals surface area contributed by atoms with Crippen molar-refractivity contribution in [2.75, 3.05) is 0 Å². The van der Waals surface area contributed by atoms with Crippen LogP contribution < -0.4 is 0 Å². The van der Waals surface area contributed by atoms with Crippen LogP contribution in [0.5, 0.6) is 0 Å². The third kappa shape index (κ3) is 5.65. The Morgan fingerprint density at radius 1 is 0.385 bits per heavy atom. The number of hydrogen-bond donors (Lipinski definition) is 0. The van der Waals surface area contributed by atoms with Gasteiger partial charge in [-0.15, -0.1) is 0 Å². The fourth-order valence-electron chi connectivity index (χ4n) is 6.67. The quantitative estimate of drug-likeness (QED) is 0.127. The Hall–Kier alpha value is -3.42. The Bertz CT molecular complexity index is 1270. The molecule has 198 valence electrons. The van der Waals surface area contributed by atoms with Crippen molar-refractivity contribution >= 4 is 29.6 Å². The van der Waals surface area contributed by atoms with Gasteiger partial charge in [0, 0.05) is 0 Å². The van der Waals surface area contributed by atoms with Gasteiger partial charge < -0.3 is 0 Å². The van der Waals surface area contributed by atoms with E-state index in [1.807, 2.05) is 0 Å². The SMILES string of the molecule is CCCCC[Si]1(CCCCC)C(c2ccccc2)=C(c2ccccc2)C(c2ccccc2)=C1c1ccccc1. The zero-order chi connectivity index (χ0) is 26.9. The van der Waals surface area contributed by atoms with Crippen molar-refractivity contribution in [1.29, 1.82) is 0 Å².